The molecule has 1 saturated heterocycles. The van der Waals surface area contributed by atoms with Crippen molar-refractivity contribution in [2.24, 2.45) is 0 Å². The number of benzene rings is 1. The van der Waals surface area contributed by atoms with Crippen molar-refractivity contribution in [1.82, 2.24) is 4.90 Å². The predicted octanol–water partition coefficient (Wildman–Crippen LogP) is 2.65. The van der Waals surface area contributed by atoms with Crippen LogP contribution in [0.3, 0.4) is 0 Å². The zero-order valence-corrected chi connectivity index (χ0v) is 13.3. The van der Waals surface area contributed by atoms with Gasteiger partial charge in [-0.25, -0.2) is 4.79 Å². The number of amides is 1. The lowest BCUT2D eigenvalue weighted by atomic mass is 9.97. The van der Waals surface area contributed by atoms with E-state index >= 15 is 0 Å². The van der Waals surface area contributed by atoms with Crippen molar-refractivity contribution in [1.29, 1.82) is 0 Å². The summed E-state index contributed by atoms with van der Waals surface area (Å²) in [6.07, 6.45) is 3.06. The molecule has 2 atom stereocenters. The summed E-state index contributed by atoms with van der Waals surface area (Å²) in [5.74, 6) is -0.991. The third-order valence-electron chi connectivity index (χ3n) is 4.18. The van der Waals surface area contributed by atoms with E-state index in [1.54, 1.807) is 17.0 Å². The van der Waals surface area contributed by atoms with E-state index < -0.39 is 5.97 Å². The summed E-state index contributed by atoms with van der Waals surface area (Å²) in [4.78, 5) is 26.1. The van der Waals surface area contributed by atoms with Gasteiger partial charge in [-0.05, 0) is 52.2 Å². The fraction of sp³-hybridized carbons (Fsp3) is 0.529. The summed E-state index contributed by atoms with van der Waals surface area (Å²) in [5, 5.41) is 9.71. The van der Waals surface area contributed by atoms with E-state index in [1.165, 1.54) is 6.07 Å². The zero-order chi connectivity index (χ0) is 16.3. The molecule has 1 aromatic carbocycles. The number of phenolic OH excluding ortho intramolecular Hbond substituents is 1. The summed E-state index contributed by atoms with van der Waals surface area (Å²) in [6, 6.07) is 5.04. The van der Waals surface area contributed by atoms with Gasteiger partial charge in [-0.1, -0.05) is 11.6 Å². The average molecular weight is 305 g/mol. The van der Waals surface area contributed by atoms with Gasteiger partial charge in [-0.2, -0.15) is 0 Å². The second kappa shape index (κ2) is 6.81. The van der Waals surface area contributed by atoms with Gasteiger partial charge < -0.3 is 14.7 Å². The molecule has 1 heterocycles. The van der Waals surface area contributed by atoms with Crippen LogP contribution >= 0.6 is 0 Å². The van der Waals surface area contributed by atoms with Crippen LogP contribution in [0.4, 0.5) is 0 Å². The third-order valence-corrected chi connectivity index (χ3v) is 4.18. The number of hydrogen-bond donors (Lipinski definition) is 1. The SMILES string of the molecule is Cc1ccc(O)c(C(=O)OCC(=O)N2[C@H](C)CCC[C@@H]2C)c1. The Morgan fingerprint density at radius 1 is 1.27 bits per heavy atom. The van der Waals surface area contributed by atoms with Crippen LogP contribution in [0.1, 0.15) is 49.0 Å². The number of likely N-dealkylation sites (tertiary alicyclic amines) is 1. The molecule has 0 radical (unpaired) electrons. The number of aryl methyl sites for hydroxylation is 1. The number of hydrogen-bond acceptors (Lipinski definition) is 4. The second-order valence-corrected chi connectivity index (χ2v) is 6.03. The van der Waals surface area contributed by atoms with Crippen molar-refractivity contribution in [3.05, 3.63) is 29.3 Å². The minimum absolute atomic E-state index is 0.0903. The van der Waals surface area contributed by atoms with Crippen LogP contribution in [0.25, 0.3) is 0 Å². The second-order valence-electron chi connectivity index (χ2n) is 6.03. The van der Waals surface area contributed by atoms with Gasteiger partial charge in [0.15, 0.2) is 6.61 Å². The minimum Gasteiger partial charge on any atom is -0.507 e. The van der Waals surface area contributed by atoms with E-state index in [1.807, 2.05) is 20.8 Å². The summed E-state index contributed by atoms with van der Waals surface area (Å²) >= 11 is 0. The normalized spacial score (nSPS) is 21.5. The topological polar surface area (TPSA) is 66.8 Å². The van der Waals surface area contributed by atoms with Crippen LogP contribution < -0.4 is 0 Å². The maximum Gasteiger partial charge on any atom is 0.342 e. The first-order valence-corrected chi connectivity index (χ1v) is 7.68. The highest BCUT2D eigenvalue weighted by atomic mass is 16.5. The lowest BCUT2D eigenvalue weighted by Gasteiger charge is -2.38. The van der Waals surface area contributed by atoms with Gasteiger partial charge in [-0.15, -0.1) is 0 Å². The number of rotatable bonds is 3. The molecule has 2 rings (SSSR count). The van der Waals surface area contributed by atoms with E-state index in [9.17, 15) is 14.7 Å². The van der Waals surface area contributed by atoms with Crippen LogP contribution in [0, 0.1) is 6.92 Å². The molecule has 0 saturated carbocycles. The molecule has 120 valence electrons. The molecule has 5 nitrogen and oxygen atoms in total. The van der Waals surface area contributed by atoms with E-state index in [2.05, 4.69) is 0 Å². The highest BCUT2D eigenvalue weighted by Gasteiger charge is 2.29. The van der Waals surface area contributed by atoms with E-state index in [0.29, 0.717) is 0 Å². The fourth-order valence-electron chi connectivity index (χ4n) is 3.01. The number of piperidine rings is 1. The van der Waals surface area contributed by atoms with Gasteiger partial charge in [0.2, 0.25) is 0 Å². The minimum atomic E-state index is -0.674. The molecule has 1 amide bonds. The summed E-state index contributed by atoms with van der Waals surface area (Å²) in [7, 11) is 0. The Labute approximate surface area is 130 Å². The molecule has 0 spiro atoms. The van der Waals surface area contributed by atoms with Crippen molar-refractivity contribution < 1.29 is 19.4 Å². The Kier molecular flexibility index (Phi) is 5.06. The molecule has 0 aliphatic carbocycles. The Bertz CT molecular complexity index is 560. The van der Waals surface area contributed by atoms with Gasteiger partial charge in [0.1, 0.15) is 11.3 Å². The third kappa shape index (κ3) is 3.59. The van der Waals surface area contributed by atoms with Crippen molar-refractivity contribution in [3.8, 4) is 5.75 Å². The molecule has 1 aliphatic rings. The Morgan fingerprint density at radius 3 is 2.55 bits per heavy atom. The first-order valence-electron chi connectivity index (χ1n) is 7.68. The van der Waals surface area contributed by atoms with Crippen LogP contribution in [0.2, 0.25) is 0 Å². The largest absolute Gasteiger partial charge is 0.507 e. The molecule has 0 unspecified atom stereocenters. The first kappa shape index (κ1) is 16.3. The Morgan fingerprint density at radius 2 is 1.91 bits per heavy atom. The molecular weight excluding hydrogens is 282 g/mol. The molecule has 1 aromatic rings. The van der Waals surface area contributed by atoms with Crippen LogP contribution in [-0.4, -0.2) is 40.6 Å². The number of carbonyl (C=O) groups is 2. The molecular formula is C17H23NO4. The molecule has 0 aromatic heterocycles. The van der Waals surface area contributed by atoms with Crippen molar-refractivity contribution in [2.45, 2.75) is 52.1 Å². The van der Waals surface area contributed by atoms with Crippen LogP contribution in [-0.2, 0) is 9.53 Å². The molecule has 0 bridgehead atoms. The molecule has 1 fully saturated rings. The first-order chi connectivity index (χ1) is 10.4. The fourth-order valence-corrected chi connectivity index (χ4v) is 3.01. The number of phenols is 1. The smallest absolute Gasteiger partial charge is 0.342 e. The van der Waals surface area contributed by atoms with Gasteiger partial charge in [0.25, 0.3) is 5.91 Å². The Balaban J connectivity index is 1.98. The maximum atomic E-state index is 12.3. The van der Waals surface area contributed by atoms with Gasteiger partial charge in [-0.3, -0.25) is 4.79 Å². The molecule has 1 N–H and O–H groups in total. The number of ether oxygens (including phenoxy) is 1. The molecule has 1 aliphatic heterocycles. The monoisotopic (exact) mass is 305 g/mol. The maximum absolute atomic E-state index is 12.3. The quantitative estimate of drug-likeness (QED) is 0.872. The highest BCUT2D eigenvalue weighted by molar-refractivity contribution is 5.94. The lowest BCUT2D eigenvalue weighted by molar-refractivity contribution is -0.140. The number of carbonyl (C=O) groups excluding carboxylic acids is 2. The predicted molar refractivity (Wildman–Crippen MR) is 82.7 cm³/mol. The summed E-state index contributed by atoms with van der Waals surface area (Å²) < 4.78 is 5.09. The van der Waals surface area contributed by atoms with E-state index in [0.717, 1.165) is 24.8 Å². The molecule has 5 heteroatoms. The average Bonchev–Trinajstić information content (AvgIpc) is 2.47. The summed E-state index contributed by atoms with van der Waals surface area (Å²) in [6.45, 7) is 5.56. The highest BCUT2D eigenvalue weighted by Crippen LogP contribution is 2.23. The Hall–Kier alpha value is -2.04. The molecule has 22 heavy (non-hydrogen) atoms. The van der Waals surface area contributed by atoms with Crippen molar-refractivity contribution in [2.75, 3.05) is 6.61 Å². The standard InChI is InChI=1S/C17H23NO4/c1-11-7-8-15(19)14(9-11)17(21)22-10-16(20)18-12(2)5-4-6-13(18)3/h7-9,12-13,19H,4-6,10H2,1-3H3/t12-,13+. The summed E-state index contributed by atoms with van der Waals surface area (Å²) in [5.41, 5.74) is 0.932. The van der Waals surface area contributed by atoms with Crippen molar-refractivity contribution in [3.63, 3.8) is 0 Å². The lowest BCUT2D eigenvalue weighted by Crippen LogP contribution is -2.49. The van der Waals surface area contributed by atoms with Crippen LogP contribution in [0.5, 0.6) is 5.75 Å². The van der Waals surface area contributed by atoms with Gasteiger partial charge in [0, 0.05) is 12.1 Å². The number of nitrogens with zero attached hydrogens (tertiary/aromatic N) is 1. The van der Waals surface area contributed by atoms with Crippen molar-refractivity contribution >= 4 is 11.9 Å². The van der Waals surface area contributed by atoms with E-state index in [4.69, 9.17) is 4.74 Å². The zero-order valence-electron chi connectivity index (χ0n) is 13.3. The van der Waals surface area contributed by atoms with E-state index in [-0.39, 0.29) is 35.9 Å². The van der Waals surface area contributed by atoms with Gasteiger partial charge >= 0.3 is 5.97 Å². The number of aromatic hydroxyl groups is 1. The number of esters is 1. The van der Waals surface area contributed by atoms with Crippen LogP contribution in [0.15, 0.2) is 18.2 Å². The van der Waals surface area contributed by atoms with Gasteiger partial charge in [0.05, 0.1) is 0 Å².